The molecule has 1 aliphatic heterocycles. The molecule has 0 spiro atoms. The number of nitrogens with zero attached hydrogens (tertiary/aromatic N) is 1. The van der Waals surface area contributed by atoms with Gasteiger partial charge in [-0.05, 0) is 41.5 Å². The Morgan fingerprint density at radius 3 is 2.84 bits per heavy atom. The fourth-order valence-corrected chi connectivity index (χ4v) is 3.46. The summed E-state index contributed by atoms with van der Waals surface area (Å²) in [6.45, 7) is 9.66. The molecule has 1 aromatic carbocycles. The Hall–Kier alpha value is -1.81. The number of hydrogen-bond donors (Lipinski definition) is 1. The van der Waals surface area contributed by atoms with Crippen LogP contribution in [0.1, 0.15) is 38.3 Å². The van der Waals surface area contributed by atoms with Gasteiger partial charge >= 0.3 is 5.97 Å². The number of carboxylic acids is 1. The highest BCUT2D eigenvalue weighted by Crippen LogP contribution is 2.32. The Morgan fingerprint density at radius 1 is 1.40 bits per heavy atom. The van der Waals surface area contributed by atoms with Gasteiger partial charge in [0.1, 0.15) is 5.75 Å². The Morgan fingerprint density at radius 2 is 2.16 bits per heavy atom. The van der Waals surface area contributed by atoms with Gasteiger partial charge < -0.3 is 9.84 Å². The van der Waals surface area contributed by atoms with Crippen LogP contribution in [-0.4, -0.2) is 42.2 Å². The molecule has 1 aliphatic carbocycles. The molecule has 1 saturated heterocycles. The molecule has 25 heavy (non-hydrogen) atoms. The van der Waals surface area contributed by atoms with Crippen LogP contribution in [0, 0.1) is 17.8 Å². The van der Waals surface area contributed by atoms with Crippen molar-refractivity contribution in [2.45, 2.75) is 33.6 Å². The third-order valence-electron chi connectivity index (χ3n) is 5.56. The molecule has 2 aliphatic rings. The number of ether oxygens (including phenoxy) is 1. The molecule has 4 heteroatoms. The summed E-state index contributed by atoms with van der Waals surface area (Å²) >= 11 is 0. The van der Waals surface area contributed by atoms with E-state index in [-0.39, 0.29) is 5.92 Å². The van der Waals surface area contributed by atoms with Crippen LogP contribution in [-0.2, 0) is 11.2 Å². The van der Waals surface area contributed by atoms with Crippen molar-refractivity contribution in [3.05, 3.63) is 34.9 Å². The highest BCUT2D eigenvalue weighted by Gasteiger charge is 2.33. The summed E-state index contributed by atoms with van der Waals surface area (Å²) in [7, 11) is 0. The molecule has 0 amide bonds. The molecule has 1 fully saturated rings. The first kappa shape index (κ1) is 18.0. The maximum absolute atomic E-state index is 10.9. The van der Waals surface area contributed by atoms with Gasteiger partial charge in [0.15, 0.2) is 0 Å². The van der Waals surface area contributed by atoms with Gasteiger partial charge in [-0.2, -0.15) is 0 Å². The van der Waals surface area contributed by atoms with E-state index >= 15 is 0 Å². The van der Waals surface area contributed by atoms with Crippen LogP contribution < -0.4 is 4.74 Å². The molecule has 4 nitrogen and oxygen atoms in total. The highest BCUT2D eigenvalue weighted by molar-refractivity contribution is 5.71. The SMILES string of the molecule is CC[C@H](C)COc1ccc2c(c1)C[C@@H](C)C(CN1CC(C(=O)O)C1)=C2. The van der Waals surface area contributed by atoms with E-state index in [4.69, 9.17) is 9.84 Å². The summed E-state index contributed by atoms with van der Waals surface area (Å²) in [5.74, 6) is 1.18. The lowest BCUT2D eigenvalue weighted by Crippen LogP contribution is -2.51. The molecule has 0 aromatic heterocycles. The smallest absolute Gasteiger partial charge is 0.309 e. The van der Waals surface area contributed by atoms with Crippen LogP contribution in [0.4, 0.5) is 0 Å². The van der Waals surface area contributed by atoms with Gasteiger partial charge in [0.05, 0.1) is 12.5 Å². The first-order valence-corrected chi connectivity index (χ1v) is 9.37. The minimum Gasteiger partial charge on any atom is -0.493 e. The second-order valence-electron chi connectivity index (χ2n) is 7.74. The summed E-state index contributed by atoms with van der Waals surface area (Å²) in [4.78, 5) is 13.2. The molecule has 136 valence electrons. The minimum absolute atomic E-state index is 0.183. The zero-order valence-corrected chi connectivity index (χ0v) is 15.5. The predicted molar refractivity (Wildman–Crippen MR) is 99.8 cm³/mol. The first-order valence-electron chi connectivity index (χ1n) is 9.37. The summed E-state index contributed by atoms with van der Waals surface area (Å²) in [6.07, 6.45) is 4.45. The Balaban J connectivity index is 1.63. The van der Waals surface area contributed by atoms with Crippen LogP contribution in [0.5, 0.6) is 5.75 Å². The van der Waals surface area contributed by atoms with E-state index in [1.165, 1.54) is 16.7 Å². The zero-order chi connectivity index (χ0) is 18.0. The number of carboxylic acid groups (broad SMARTS) is 1. The quantitative estimate of drug-likeness (QED) is 0.820. The maximum Gasteiger partial charge on any atom is 0.309 e. The van der Waals surface area contributed by atoms with Crippen molar-refractivity contribution in [2.24, 2.45) is 17.8 Å². The average molecular weight is 343 g/mol. The normalized spacial score (nSPS) is 21.9. The fraction of sp³-hybridized carbons (Fsp3) is 0.571. The van der Waals surface area contributed by atoms with E-state index in [9.17, 15) is 4.79 Å². The maximum atomic E-state index is 10.9. The summed E-state index contributed by atoms with van der Waals surface area (Å²) in [5.41, 5.74) is 4.04. The molecule has 3 rings (SSSR count). The monoisotopic (exact) mass is 343 g/mol. The van der Waals surface area contributed by atoms with Crippen molar-refractivity contribution >= 4 is 12.0 Å². The topological polar surface area (TPSA) is 49.8 Å². The van der Waals surface area contributed by atoms with Gasteiger partial charge in [-0.25, -0.2) is 0 Å². The second-order valence-corrected chi connectivity index (χ2v) is 7.74. The molecular formula is C21H29NO3. The van der Waals surface area contributed by atoms with E-state index in [1.807, 2.05) is 0 Å². The van der Waals surface area contributed by atoms with Crippen molar-refractivity contribution in [1.82, 2.24) is 4.90 Å². The molecule has 0 saturated carbocycles. The lowest BCUT2D eigenvalue weighted by Gasteiger charge is -2.38. The molecule has 1 aromatic rings. The van der Waals surface area contributed by atoms with Crippen molar-refractivity contribution in [2.75, 3.05) is 26.2 Å². The third kappa shape index (κ3) is 4.24. The second kappa shape index (κ2) is 7.61. The van der Waals surface area contributed by atoms with Crippen molar-refractivity contribution in [3.63, 3.8) is 0 Å². The summed E-state index contributed by atoms with van der Waals surface area (Å²) in [6, 6.07) is 6.41. The summed E-state index contributed by atoms with van der Waals surface area (Å²) in [5, 5.41) is 9.01. The van der Waals surface area contributed by atoms with Crippen molar-refractivity contribution in [3.8, 4) is 5.75 Å². The number of hydrogen-bond acceptors (Lipinski definition) is 3. The highest BCUT2D eigenvalue weighted by atomic mass is 16.5. The Bertz CT molecular complexity index is 661. The van der Waals surface area contributed by atoms with Gasteiger partial charge in [-0.1, -0.05) is 44.9 Å². The van der Waals surface area contributed by atoms with Crippen LogP contribution in [0.25, 0.3) is 6.08 Å². The lowest BCUT2D eigenvalue weighted by atomic mass is 9.83. The van der Waals surface area contributed by atoms with Crippen LogP contribution in [0.2, 0.25) is 0 Å². The molecule has 0 radical (unpaired) electrons. The van der Waals surface area contributed by atoms with E-state index in [1.54, 1.807) is 0 Å². The third-order valence-corrected chi connectivity index (χ3v) is 5.56. The molecule has 1 N–H and O–H groups in total. The number of fused-ring (bicyclic) bond motifs is 1. The van der Waals surface area contributed by atoms with Gasteiger partial charge in [0.25, 0.3) is 0 Å². The molecule has 0 bridgehead atoms. The number of aliphatic carboxylic acids is 1. The summed E-state index contributed by atoms with van der Waals surface area (Å²) < 4.78 is 5.93. The largest absolute Gasteiger partial charge is 0.493 e. The number of carbonyl (C=O) groups is 1. The molecule has 2 atom stereocenters. The van der Waals surface area contributed by atoms with E-state index < -0.39 is 5.97 Å². The zero-order valence-electron chi connectivity index (χ0n) is 15.5. The van der Waals surface area contributed by atoms with Crippen LogP contribution in [0.3, 0.4) is 0 Å². The van der Waals surface area contributed by atoms with Crippen LogP contribution in [0.15, 0.2) is 23.8 Å². The minimum atomic E-state index is -0.669. The van der Waals surface area contributed by atoms with Gasteiger partial charge in [-0.3, -0.25) is 9.69 Å². The average Bonchev–Trinajstić information content (AvgIpc) is 2.55. The van der Waals surface area contributed by atoms with E-state index in [0.717, 1.165) is 31.7 Å². The van der Waals surface area contributed by atoms with Crippen LogP contribution >= 0.6 is 0 Å². The number of benzene rings is 1. The number of likely N-dealkylation sites (tertiary alicyclic amines) is 1. The van der Waals surface area contributed by atoms with Gasteiger partial charge in [0.2, 0.25) is 0 Å². The predicted octanol–water partition coefficient (Wildman–Crippen LogP) is 3.70. The van der Waals surface area contributed by atoms with Gasteiger partial charge in [-0.15, -0.1) is 0 Å². The Labute approximate surface area is 150 Å². The van der Waals surface area contributed by atoms with E-state index in [2.05, 4.69) is 49.9 Å². The van der Waals surface area contributed by atoms with Crippen molar-refractivity contribution < 1.29 is 14.6 Å². The van der Waals surface area contributed by atoms with E-state index in [0.29, 0.717) is 24.9 Å². The standard InChI is InChI=1S/C21H29NO3/c1-4-14(2)13-25-20-6-5-16-8-18(15(3)7-17(16)9-20)10-22-11-19(12-22)21(23)24/h5-6,8-9,14-15,19H,4,7,10-13H2,1-3H3,(H,23,24)/t14-,15+/m0/s1. The fourth-order valence-electron chi connectivity index (χ4n) is 3.46. The molecular weight excluding hydrogens is 314 g/mol. The van der Waals surface area contributed by atoms with Gasteiger partial charge in [0, 0.05) is 19.6 Å². The molecule has 1 heterocycles. The lowest BCUT2D eigenvalue weighted by molar-refractivity contribution is -0.147. The first-order chi connectivity index (χ1) is 12.0. The molecule has 0 unspecified atom stereocenters. The number of rotatable bonds is 7. The Kier molecular flexibility index (Phi) is 5.48. The van der Waals surface area contributed by atoms with Crippen molar-refractivity contribution in [1.29, 1.82) is 0 Å².